The van der Waals surface area contributed by atoms with Gasteiger partial charge in [-0.3, -0.25) is 4.79 Å². The van der Waals surface area contributed by atoms with Crippen LogP contribution in [0.25, 0.3) is 0 Å². The highest BCUT2D eigenvalue weighted by Crippen LogP contribution is 2.29. The quantitative estimate of drug-likeness (QED) is 0.819. The number of rotatable bonds is 4. The summed E-state index contributed by atoms with van der Waals surface area (Å²) in [5.74, 6) is -0.726. The maximum atomic E-state index is 13.0. The van der Waals surface area contributed by atoms with E-state index in [0.717, 1.165) is 21.7 Å². The Morgan fingerprint density at radius 1 is 0.962 bits per heavy atom. The lowest BCUT2D eigenvalue weighted by molar-refractivity contribution is -0.122. The summed E-state index contributed by atoms with van der Waals surface area (Å²) in [6.45, 7) is 0.0277. The molecule has 0 saturated carbocycles. The molecule has 0 aliphatic carbocycles. The number of amides is 1. The van der Waals surface area contributed by atoms with Crippen molar-refractivity contribution >= 4 is 25.8 Å². The zero-order valence-corrected chi connectivity index (χ0v) is 15.6. The minimum absolute atomic E-state index is 0.0203. The summed E-state index contributed by atoms with van der Waals surface area (Å²) in [6, 6.07) is 11.2. The lowest BCUT2D eigenvalue weighted by atomic mass is 9.96. The number of hydrogen-bond acceptors (Lipinski definition) is 5. The molecule has 2 aromatic rings. The van der Waals surface area contributed by atoms with Crippen LogP contribution in [-0.2, 0) is 37.6 Å². The molecule has 1 aliphatic rings. The average Bonchev–Trinajstić information content (AvgIpc) is 2.60. The number of carbonyl (C=O) groups excluding carboxylic acids is 1. The van der Waals surface area contributed by atoms with Crippen LogP contribution in [0.15, 0.2) is 58.3 Å². The van der Waals surface area contributed by atoms with Gasteiger partial charge in [0.25, 0.3) is 0 Å². The molecule has 0 unspecified atom stereocenters. The number of primary amides is 1. The normalized spacial score (nSPS) is 18.3. The second kappa shape index (κ2) is 6.49. The largest absolute Gasteiger partial charge is 0.368 e. The van der Waals surface area contributed by atoms with E-state index in [4.69, 9.17) is 5.73 Å². The molecular formula is C17H18N2O5S2. The Hall–Kier alpha value is -2.23. The Morgan fingerprint density at radius 3 is 2.04 bits per heavy atom. The molecule has 0 fully saturated rings. The van der Waals surface area contributed by atoms with Crippen LogP contribution in [0.2, 0.25) is 0 Å². The molecular weight excluding hydrogens is 376 g/mol. The number of nitrogens with two attached hydrogens (primary N) is 1. The molecule has 1 heterocycles. The molecule has 3 rings (SSSR count). The molecule has 1 aliphatic heterocycles. The molecule has 0 radical (unpaired) electrons. The van der Waals surface area contributed by atoms with E-state index < -0.39 is 31.8 Å². The van der Waals surface area contributed by atoms with Crippen molar-refractivity contribution in [3.05, 3.63) is 59.7 Å². The van der Waals surface area contributed by atoms with Crippen LogP contribution in [0.4, 0.5) is 0 Å². The summed E-state index contributed by atoms with van der Waals surface area (Å²) in [5.41, 5.74) is 7.14. The van der Waals surface area contributed by atoms with Crippen molar-refractivity contribution in [1.29, 1.82) is 0 Å². The molecule has 2 aromatic carbocycles. The van der Waals surface area contributed by atoms with E-state index in [1.807, 2.05) is 18.2 Å². The fourth-order valence-corrected chi connectivity index (χ4v) is 5.19. The fourth-order valence-electron chi connectivity index (χ4n) is 2.99. The molecule has 1 amide bonds. The molecule has 7 nitrogen and oxygen atoms in total. The zero-order chi connectivity index (χ0) is 19.1. The smallest absolute Gasteiger partial charge is 0.244 e. The van der Waals surface area contributed by atoms with Crippen molar-refractivity contribution in [3.63, 3.8) is 0 Å². The van der Waals surface area contributed by atoms with Crippen molar-refractivity contribution in [2.45, 2.75) is 28.8 Å². The third-order valence-corrected chi connectivity index (χ3v) is 7.39. The maximum Gasteiger partial charge on any atom is 0.244 e. The van der Waals surface area contributed by atoms with E-state index in [9.17, 15) is 21.6 Å². The fraction of sp³-hybridized carbons (Fsp3) is 0.235. The van der Waals surface area contributed by atoms with Crippen molar-refractivity contribution in [1.82, 2.24) is 4.31 Å². The van der Waals surface area contributed by atoms with E-state index in [1.54, 1.807) is 6.07 Å². The molecule has 9 heteroatoms. The lowest BCUT2D eigenvalue weighted by Crippen LogP contribution is -2.50. The topological polar surface area (TPSA) is 115 Å². The first-order valence-corrected chi connectivity index (χ1v) is 11.1. The van der Waals surface area contributed by atoms with E-state index in [-0.39, 0.29) is 22.8 Å². The van der Waals surface area contributed by atoms with Gasteiger partial charge in [-0.2, -0.15) is 4.31 Å². The van der Waals surface area contributed by atoms with Gasteiger partial charge in [-0.25, -0.2) is 16.8 Å². The Bertz CT molecular complexity index is 1060. The zero-order valence-electron chi connectivity index (χ0n) is 14.0. The van der Waals surface area contributed by atoms with Crippen molar-refractivity contribution in [3.8, 4) is 0 Å². The molecule has 1 atom stereocenters. The maximum absolute atomic E-state index is 13.0. The minimum atomic E-state index is -4.02. The van der Waals surface area contributed by atoms with Crippen LogP contribution in [-0.4, -0.2) is 39.3 Å². The van der Waals surface area contributed by atoms with Gasteiger partial charge in [0.2, 0.25) is 15.9 Å². The molecule has 0 saturated heterocycles. The second-order valence-corrected chi connectivity index (χ2v) is 10.1. The van der Waals surface area contributed by atoms with Gasteiger partial charge in [-0.1, -0.05) is 24.3 Å². The highest BCUT2D eigenvalue weighted by molar-refractivity contribution is 7.90. The summed E-state index contributed by atoms with van der Waals surface area (Å²) >= 11 is 0. The Kier molecular flexibility index (Phi) is 4.63. The van der Waals surface area contributed by atoms with E-state index in [2.05, 4.69) is 0 Å². The molecule has 26 heavy (non-hydrogen) atoms. The minimum Gasteiger partial charge on any atom is -0.368 e. The third kappa shape index (κ3) is 3.37. The van der Waals surface area contributed by atoms with Gasteiger partial charge in [-0.15, -0.1) is 0 Å². The van der Waals surface area contributed by atoms with Crippen LogP contribution >= 0.6 is 0 Å². The van der Waals surface area contributed by atoms with E-state index in [1.165, 1.54) is 24.3 Å². The van der Waals surface area contributed by atoms with Gasteiger partial charge >= 0.3 is 0 Å². The predicted molar refractivity (Wildman–Crippen MR) is 95.4 cm³/mol. The van der Waals surface area contributed by atoms with Crippen molar-refractivity contribution < 1.29 is 21.6 Å². The van der Waals surface area contributed by atoms with Crippen LogP contribution in [0.5, 0.6) is 0 Å². The number of carbonyl (C=O) groups is 1. The van der Waals surface area contributed by atoms with Crippen LogP contribution in [0.3, 0.4) is 0 Å². The number of hydrogen-bond donors (Lipinski definition) is 1. The van der Waals surface area contributed by atoms with Gasteiger partial charge in [0.05, 0.1) is 9.79 Å². The number of benzene rings is 2. The second-order valence-electron chi connectivity index (χ2n) is 6.18. The lowest BCUT2D eigenvalue weighted by Gasteiger charge is -2.34. The summed E-state index contributed by atoms with van der Waals surface area (Å²) < 4.78 is 50.3. The summed E-state index contributed by atoms with van der Waals surface area (Å²) in [7, 11) is -7.46. The molecule has 0 aromatic heterocycles. The molecule has 138 valence electrons. The molecule has 0 bridgehead atoms. The first-order valence-electron chi connectivity index (χ1n) is 7.79. The summed E-state index contributed by atoms with van der Waals surface area (Å²) in [5, 5.41) is 0. The van der Waals surface area contributed by atoms with Gasteiger partial charge < -0.3 is 5.73 Å². The van der Waals surface area contributed by atoms with Crippen LogP contribution < -0.4 is 5.73 Å². The van der Waals surface area contributed by atoms with E-state index in [0.29, 0.717) is 0 Å². The number of fused-ring (bicyclic) bond motifs is 1. The highest BCUT2D eigenvalue weighted by Gasteiger charge is 2.38. The summed E-state index contributed by atoms with van der Waals surface area (Å²) in [4.78, 5) is 11.8. The Morgan fingerprint density at radius 2 is 1.50 bits per heavy atom. The summed E-state index contributed by atoms with van der Waals surface area (Å²) in [6.07, 6.45) is 1.24. The number of sulfonamides is 1. The number of sulfone groups is 1. The molecule has 0 spiro atoms. The van der Waals surface area contributed by atoms with Gasteiger partial charge in [-0.05, 0) is 41.8 Å². The van der Waals surface area contributed by atoms with Crippen molar-refractivity contribution in [2.24, 2.45) is 5.73 Å². The third-order valence-electron chi connectivity index (χ3n) is 4.39. The first-order chi connectivity index (χ1) is 12.1. The van der Waals surface area contributed by atoms with Crippen LogP contribution in [0.1, 0.15) is 11.1 Å². The Balaban J connectivity index is 2.03. The Labute approximate surface area is 152 Å². The number of nitrogens with zero attached hydrogens (tertiary/aromatic N) is 1. The molecule has 2 N–H and O–H groups in total. The van der Waals surface area contributed by atoms with Crippen molar-refractivity contribution in [2.75, 3.05) is 6.26 Å². The van der Waals surface area contributed by atoms with Gasteiger partial charge in [0.15, 0.2) is 9.84 Å². The highest BCUT2D eigenvalue weighted by atomic mass is 32.2. The van der Waals surface area contributed by atoms with E-state index >= 15 is 0 Å². The SMILES string of the molecule is CS(=O)(=O)c1ccc(S(=O)(=O)N2Cc3ccccc3C[C@H]2C(N)=O)cc1. The van der Waals surface area contributed by atoms with Gasteiger partial charge in [0, 0.05) is 12.8 Å². The average molecular weight is 394 g/mol. The first kappa shape index (κ1) is 18.6. The van der Waals surface area contributed by atoms with Gasteiger partial charge in [0.1, 0.15) is 6.04 Å². The van der Waals surface area contributed by atoms with Crippen LogP contribution in [0, 0.1) is 0 Å². The standard InChI is InChI=1S/C17H18N2O5S2/c1-25(21,22)14-6-8-15(9-7-14)26(23,24)19-11-13-5-3-2-4-12(13)10-16(19)17(18)20/h2-9,16H,10-11H2,1H3,(H2,18,20)/t16-/m0/s1. The predicted octanol–water partition coefficient (Wildman–Crippen LogP) is 0.691. The monoisotopic (exact) mass is 394 g/mol.